The van der Waals surface area contributed by atoms with E-state index in [9.17, 15) is 18.0 Å². The van der Waals surface area contributed by atoms with Crippen LogP contribution in [0, 0.1) is 13.8 Å². The maximum absolute atomic E-state index is 13.0. The van der Waals surface area contributed by atoms with Crippen LogP contribution in [0.1, 0.15) is 16.7 Å². The molecule has 0 spiro atoms. The lowest BCUT2D eigenvalue weighted by molar-refractivity contribution is -0.121. The van der Waals surface area contributed by atoms with Crippen molar-refractivity contribution in [2.75, 3.05) is 25.5 Å². The lowest BCUT2D eigenvalue weighted by Gasteiger charge is -2.22. The first kappa shape index (κ1) is 20.8. The summed E-state index contributed by atoms with van der Waals surface area (Å²) in [4.78, 5) is 23.7. The Bertz CT molecular complexity index is 1050. The van der Waals surface area contributed by atoms with Crippen molar-refractivity contribution in [2.24, 2.45) is 0 Å². The van der Waals surface area contributed by atoms with Crippen molar-refractivity contribution in [3.05, 3.63) is 53.1 Å². The van der Waals surface area contributed by atoms with Gasteiger partial charge in [-0.15, -0.1) is 0 Å². The average Bonchev–Trinajstić information content (AvgIpc) is 2.66. The topological polar surface area (TPSA) is 105 Å². The molecule has 8 nitrogen and oxygen atoms in total. The molecule has 0 fully saturated rings. The molecule has 2 aromatic carbocycles. The van der Waals surface area contributed by atoms with Crippen LogP contribution in [0.3, 0.4) is 0 Å². The Balaban J connectivity index is 1.69. The summed E-state index contributed by atoms with van der Waals surface area (Å²) in [7, 11) is -2.57. The van der Waals surface area contributed by atoms with Crippen LogP contribution in [0.25, 0.3) is 0 Å². The monoisotopic (exact) mass is 417 g/mol. The molecule has 9 heteroatoms. The Morgan fingerprint density at radius 2 is 1.90 bits per heavy atom. The highest BCUT2D eigenvalue weighted by atomic mass is 32.2. The van der Waals surface area contributed by atoms with Crippen LogP contribution in [0.5, 0.6) is 5.75 Å². The van der Waals surface area contributed by atoms with Gasteiger partial charge < -0.3 is 15.4 Å². The Labute approximate surface area is 169 Å². The quantitative estimate of drug-likeness (QED) is 0.742. The van der Waals surface area contributed by atoms with E-state index < -0.39 is 15.9 Å². The van der Waals surface area contributed by atoms with Crippen LogP contribution in [0.4, 0.5) is 5.69 Å². The van der Waals surface area contributed by atoms with E-state index in [0.717, 1.165) is 15.4 Å². The number of likely N-dealkylation sites (N-methyl/N-ethyl adjacent to an activating group) is 1. The molecule has 0 bridgehead atoms. The summed E-state index contributed by atoms with van der Waals surface area (Å²) >= 11 is 0. The summed E-state index contributed by atoms with van der Waals surface area (Å²) in [5.74, 6) is -0.420. The number of ether oxygens (including phenoxy) is 1. The number of sulfonamides is 1. The summed E-state index contributed by atoms with van der Waals surface area (Å²) < 4.78 is 32.2. The van der Waals surface area contributed by atoms with E-state index in [1.165, 1.54) is 13.1 Å². The van der Waals surface area contributed by atoms with Crippen molar-refractivity contribution in [2.45, 2.75) is 25.3 Å². The third-order valence-corrected chi connectivity index (χ3v) is 6.52. The molecule has 1 aliphatic heterocycles. The van der Waals surface area contributed by atoms with Gasteiger partial charge in [-0.2, -0.15) is 4.31 Å². The number of hydrogen-bond donors (Lipinski definition) is 2. The molecule has 2 aromatic rings. The summed E-state index contributed by atoms with van der Waals surface area (Å²) in [5, 5.41) is 5.37. The number of nitrogens with zero attached hydrogens (tertiary/aromatic N) is 1. The highest BCUT2D eigenvalue weighted by molar-refractivity contribution is 7.89. The van der Waals surface area contributed by atoms with Crippen molar-refractivity contribution in [3.8, 4) is 5.75 Å². The van der Waals surface area contributed by atoms with Crippen LogP contribution in [0.15, 0.2) is 41.3 Å². The third kappa shape index (κ3) is 4.75. The average molecular weight is 417 g/mol. The number of rotatable bonds is 6. The summed E-state index contributed by atoms with van der Waals surface area (Å²) in [6.07, 6.45) is 0. The van der Waals surface area contributed by atoms with Gasteiger partial charge in [0.2, 0.25) is 15.9 Å². The Morgan fingerprint density at radius 3 is 2.59 bits per heavy atom. The standard InChI is InChI=1S/C20H23N3O5S/c1-13-4-6-15(7-5-13)10-21-19(24)11-23(3)29(26,27)18-9-17-16(8-14(18)2)22-20(25)12-28-17/h4-9H,10-12H2,1-3H3,(H,21,24)(H,22,25). The molecule has 1 heterocycles. The molecular formula is C20H23N3O5S. The first-order chi connectivity index (χ1) is 13.7. The SMILES string of the molecule is Cc1ccc(CNC(=O)CN(C)S(=O)(=O)c2cc3c(cc2C)NC(=O)CO3)cc1. The number of fused-ring (bicyclic) bond motifs is 1. The number of nitrogens with one attached hydrogen (secondary N) is 2. The van der Waals surface area contributed by atoms with Gasteiger partial charge >= 0.3 is 0 Å². The number of carbonyl (C=O) groups is 2. The second-order valence-corrected chi connectivity index (χ2v) is 8.99. The molecule has 0 saturated carbocycles. The maximum atomic E-state index is 13.0. The zero-order valence-electron chi connectivity index (χ0n) is 16.5. The molecule has 2 amide bonds. The summed E-state index contributed by atoms with van der Waals surface area (Å²) in [5.41, 5.74) is 2.92. The van der Waals surface area contributed by atoms with Gasteiger partial charge in [0.05, 0.1) is 17.1 Å². The zero-order valence-corrected chi connectivity index (χ0v) is 17.3. The van der Waals surface area contributed by atoms with Crippen molar-refractivity contribution in [1.29, 1.82) is 0 Å². The van der Waals surface area contributed by atoms with E-state index in [2.05, 4.69) is 10.6 Å². The molecule has 0 saturated heterocycles. The first-order valence-corrected chi connectivity index (χ1v) is 10.5. The van der Waals surface area contributed by atoms with Gasteiger partial charge in [0.25, 0.3) is 5.91 Å². The molecule has 2 N–H and O–H groups in total. The minimum atomic E-state index is -3.92. The molecule has 0 atom stereocenters. The first-order valence-electron chi connectivity index (χ1n) is 9.02. The molecule has 3 rings (SSSR count). The number of aryl methyl sites for hydroxylation is 2. The van der Waals surface area contributed by atoms with Crippen molar-refractivity contribution in [3.63, 3.8) is 0 Å². The van der Waals surface area contributed by atoms with Gasteiger partial charge in [0.15, 0.2) is 6.61 Å². The van der Waals surface area contributed by atoms with Gasteiger partial charge in [0.1, 0.15) is 5.75 Å². The zero-order chi connectivity index (χ0) is 21.2. The minimum absolute atomic E-state index is 0.0289. The second kappa shape index (κ2) is 8.22. The van der Waals surface area contributed by atoms with Crippen molar-refractivity contribution in [1.82, 2.24) is 9.62 Å². The molecule has 0 unspecified atom stereocenters. The molecule has 0 aliphatic carbocycles. The molecule has 0 radical (unpaired) electrons. The highest BCUT2D eigenvalue weighted by Gasteiger charge is 2.28. The van der Waals surface area contributed by atoms with E-state index >= 15 is 0 Å². The van der Waals surface area contributed by atoms with Gasteiger partial charge in [0, 0.05) is 19.7 Å². The number of anilines is 1. The minimum Gasteiger partial charge on any atom is -0.482 e. The molecular weight excluding hydrogens is 394 g/mol. The fourth-order valence-corrected chi connectivity index (χ4v) is 4.26. The van der Waals surface area contributed by atoms with Gasteiger partial charge in [-0.05, 0) is 31.0 Å². The van der Waals surface area contributed by atoms with Gasteiger partial charge in [-0.3, -0.25) is 9.59 Å². The molecule has 1 aliphatic rings. The van der Waals surface area contributed by atoms with E-state index in [-0.39, 0.29) is 29.7 Å². The summed E-state index contributed by atoms with van der Waals surface area (Å²) in [6, 6.07) is 10.6. The fraction of sp³-hybridized carbons (Fsp3) is 0.300. The fourth-order valence-electron chi connectivity index (χ4n) is 2.91. The number of benzene rings is 2. The number of amides is 2. The largest absolute Gasteiger partial charge is 0.482 e. The molecule has 29 heavy (non-hydrogen) atoms. The van der Waals surface area contributed by atoms with Crippen LogP contribution in [-0.2, 0) is 26.2 Å². The summed E-state index contributed by atoms with van der Waals surface area (Å²) in [6.45, 7) is 3.43. The lowest BCUT2D eigenvalue weighted by Crippen LogP contribution is -2.38. The lowest BCUT2D eigenvalue weighted by atomic mass is 10.1. The molecule has 0 aromatic heterocycles. The maximum Gasteiger partial charge on any atom is 0.262 e. The Morgan fingerprint density at radius 1 is 1.21 bits per heavy atom. The molecule has 154 valence electrons. The normalized spacial score (nSPS) is 13.4. The van der Waals surface area contributed by atoms with Gasteiger partial charge in [-0.1, -0.05) is 29.8 Å². The number of carbonyl (C=O) groups excluding carboxylic acids is 2. The van der Waals surface area contributed by atoms with E-state index in [1.54, 1.807) is 13.0 Å². The van der Waals surface area contributed by atoms with Crippen LogP contribution in [0.2, 0.25) is 0 Å². The third-order valence-electron chi connectivity index (χ3n) is 4.57. The smallest absolute Gasteiger partial charge is 0.262 e. The van der Waals surface area contributed by atoms with Crippen molar-refractivity contribution < 1.29 is 22.7 Å². The van der Waals surface area contributed by atoms with E-state index in [0.29, 0.717) is 17.8 Å². The van der Waals surface area contributed by atoms with Crippen LogP contribution < -0.4 is 15.4 Å². The highest BCUT2D eigenvalue weighted by Crippen LogP contribution is 2.33. The van der Waals surface area contributed by atoms with Crippen molar-refractivity contribution >= 4 is 27.5 Å². The Hall–Kier alpha value is -2.91. The van der Waals surface area contributed by atoms with Crippen LogP contribution >= 0.6 is 0 Å². The van der Waals surface area contributed by atoms with E-state index in [4.69, 9.17) is 4.74 Å². The van der Waals surface area contributed by atoms with Crippen LogP contribution in [-0.4, -0.2) is 44.7 Å². The second-order valence-electron chi connectivity index (χ2n) is 6.97. The van der Waals surface area contributed by atoms with Gasteiger partial charge in [-0.25, -0.2) is 8.42 Å². The Kier molecular flexibility index (Phi) is 5.90. The van der Waals surface area contributed by atoms with E-state index in [1.807, 2.05) is 31.2 Å². The predicted octanol–water partition coefficient (Wildman–Crippen LogP) is 1.57. The number of hydrogen-bond acceptors (Lipinski definition) is 5. The predicted molar refractivity (Wildman–Crippen MR) is 108 cm³/mol.